The Kier molecular flexibility index (Phi) is 18.8. The molecule has 0 aromatic rings. The number of rotatable bonds is 3. The third-order valence-corrected chi connectivity index (χ3v) is 13.6. The van der Waals surface area contributed by atoms with Crippen LogP contribution in [0.1, 0.15) is 145 Å². The van der Waals surface area contributed by atoms with Crippen LogP contribution in [0, 0.1) is 35.5 Å². The van der Waals surface area contributed by atoms with Crippen LogP contribution in [0.15, 0.2) is 47.6 Å². The summed E-state index contributed by atoms with van der Waals surface area (Å²) in [5, 5.41) is 44.4. The summed E-state index contributed by atoms with van der Waals surface area (Å²) in [6.45, 7) is 13.3. The van der Waals surface area contributed by atoms with E-state index in [9.17, 15) is 39.6 Å². The van der Waals surface area contributed by atoms with Crippen molar-refractivity contribution in [2.45, 2.75) is 187 Å². The lowest BCUT2D eigenvalue weighted by molar-refractivity contribution is -0.283. The maximum atomic E-state index is 14.2. The highest BCUT2D eigenvalue weighted by atomic mass is 16.6. The highest BCUT2D eigenvalue weighted by Crippen LogP contribution is 2.38. The fourth-order valence-electron chi connectivity index (χ4n) is 9.42. The molecule has 3 heterocycles. The second kappa shape index (κ2) is 22.8. The second-order valence-electron chi connectivity index (χ2n) is 18.8. The molecule has 0 radical (unpaired) electrons. The van der Waals surface area contributed by atoms with E-state index in [4.69, 9.17) is 9.47 Å². The van der Waals surface area contributed by atoms with Gasteiger partial charge in [0.25, 0.3) is 0 Å². The number of ketones is 2. The average molecular weight is 826 g/mol. The van der Waals surface area contributed by atoms with Gasteiger partial charge in [-0.1, -0.05) is 83.9 Å². The minimum absolute atomic E-state index is 0.0591. The van der Waals surface area contributed by atoms with Crippen molar-refractivity contribution in [3.05, 3.63) is 47.6 Å². The Morgan fingerprint density at radius 3 is 2.29 bits per heavy atom. The summed E-state index contributed by atoms with van der Waals surface area (Å²) in [6, 6.07) is -0.887. The van der Waals surface area contributed by atoms with Crippen molar-refractivity contribution in [2.75, 3.05) is 6.54 Å². The smallest absolute Gasteiger partial charge is 0.329 e. The molecule has 3 aliphatic heterocycles. The van der Waals surface area contributed by atoms with E-state index < -0.39 is 54.0 Å². The number of cyclic esters (lactones) is 1. The van der Waals surface area contributed by atoms with E-state index in [1.54, 1.807) is 19.9 Å². The van der Waals surface area contributed by atoms with Crippen LogP contribution in [-0.2, 0) is 28.7 Å². The number of Topliss-reactive ketones (excluding diaryl/α,β-unsaturated/α-hetero) is 2. The number of carbonyl (C=O) groups excluding carboxylic acids is 4. The van der Waals surface area contributed by atoms with Gasteiger partial charge < -0.3 is 34.8 Å². The molecule has 0 aromatic carbocycles. The molecule has 1 aliphatic carbocycles. The van der Waals surface area contributed by atoms with Gasteiger partial charge in [-0.25, -0.2) is 4.79 Å². The van der Waals surface area contributed by atoms with E-state index in [-0.39, 0.29) is 72.9 Å². The zero-order chi connectivity index (χ0) is 43.4. The predicted molar refractivity (Wildman–Crippen MR) is 228 cm³/mol. The van der Waals surface area contributed by atoms with Crippen molar-refractivity contribution in [1.29, 1.82) is 0 Å². The van der Waals surface area contributed by atoms with Crippen molar-refractivity contribution in [1.82, 2.24) is 4.90 Å². The fourth-order valence-corrected chi connectivity index (χ4v) is 9.42. The molecular weight excluding hydrogens is 751 g/mol. The summed E-state index contributed by atoms with van der Waals surface area (Å²) >= 11 is 0. The fraction of sp³-hybridized carbons (Fsp3) is 0.750. The molecule has 59 heavy (non-hydrogen) atoms. The normalized spacial score (nSPS) is 40.7. The van der Waals surface area contributed by atoms with Gasteiger partial charge in [-0.15, -0.1) is 0 Å². The van der Waals surface area contributed by atoms with Gasteiger partial charge in [-0.2, -0.15) is 0 Å². The topological polar surface area (TPSA) is 171 Å². The van der Waals surface area contributed by atoms with Crippen LogP contribution in [0.5, 0.6) is 0 Å². The van der Waals surface area contributed by atoms with Crippen LogP contribution in [0.2, 0.25) is 0 Å². The Bertz CT molecular complexity index is 1550. The van der Waals surface area contributed by atoms with E-state index in [0.717, 1.165) is 24.8 Å². The molecule has 11 heteroatoms. The number of esters is 1. The van der Waals surface area contributed by atoms with Gasteiger partial charge in [-0.3, -0.25) is 14.4 Å². The van der Waals surface area contributed by atoms with Crippen molar-refractivity contribution >= 4 is 23.4 Å². The maximum absolute atomic E-state index is 14.2. The summed E-state index contributed by atoms with van der Waals surface area (Å²) < 4.78 is 12.5. The average Bonchev–Trinajstić information content (AvgIpc) is 3.18. The Labute approximate surface area is 353 Å². The maximum Gasteiger partial charge on any atom is 0.329 e. The Morgan fingerprint density at radius 2 is 1.56 bits per heavy atom. The Morgan fingerprint density at radius 1 is 0.814 bits per heavy atom. The molecule has 332 valence electrons. The summed E-state index contributed by atoms with van der Waals surface area (Å²) in [5.41, 5.74) is 1.26. The van der Waals surface area contributed by atoms with Crippen molar-refractivity contribution in [3.8, 4) is 0 Å². The molecular formula is C48H75NO10. The first-order valence-corrected chi connectivity index (χ1v) is 22.6. The van der Waals surface area contributed by atoms with Gasteiger partial charge >= 0.3 is 5.97 Å². The lowest BCUT2D eigenvalue weighted by Gasteiger charge is -2.44. The van der Waals surface area contributed by atoms with Gasteiger partial charge in [-0.05, 0) is 101 Å². The first-order chi connectivity index (χ1) is 27.9. The summed E-state index contributed by atoms with van der Waals surface area (Å²) in [6.07, 6.45) is 15.0. The van der Waals surface area contributed by atoms with Gasteiger partial charge in [0.1, 0.15) is 23.7 Å². The minimum Gasteiger partial charge on any atom is -0.460 e. The first-order valence-electron chi connectivity index (χ1n) is 22.6. The Balaban J connectivity index is 1.62. The van der Waals surface area contributed by atoms with Crippen LogP contribution >= 0.6 is 0 Å². The van der Waals surface area contributed by atoms with Crippen LogP contribution in [0.25, 0.3) is 0 Å². The summed E-state index contributed by atoms with van der Waals surface area (Å²) in [4.78, 5) is 56.8. The SMILES string of the molecule is C/C1=C\[C@@H](C)C(=O)C[C@@H]([C@H](C)C[C@@H]2CCC[C@H](O)C2)OC(=O)C2CCCCN2C(=O)C[C@]2(O)O[C@@H](CC[C@H]2C)C[C@H](O)/C(C)=C/C=C/C=C\[C@@H](C)C[C@@H](C)C(=O)C[C@@H]1O. The predicted octanol–water partition coefficient (Wildman–Crippen LogP) is 7.10. The largest absolute Gasteiger partial charge is 0.460 e. The molecule has 13 atom stereocenters. The molecule has 0 spiro atoms. The van der Waals surface area contributed by atoms with E-state index in [1.807, 2.05) is 65.0 Å². The van der Waals surface area contributed by atoms with Crippen molar-refractivity contribution in [3.63, 3.8) is 0 Å². The van der Waals surface area contributed by atoms with Crippen molar-refractivity contribution in [2.24, 2.45) is 35.5 Å². The number of hydrogen-bond donors (Lipinski definition) is 4. The Hall–Kier alpha value is -2.96. The second-order valence-corrected chi connectivity index (χ2v) is 18.8. The molecule has 1 amide bonds. The number of aliphatic hydroxyl groups is 4. The number of piperidine rings is 1. The van der Waals surface area contributed by atoms with Crippen LogP contribution < -0.4 is 0 Å². The van der Waals surface area contributed by atoms with Crippen LogP contribution in [0.3, 0.4) is 0 Å². The number of allylic oxidation sites excluding steroid dienone is 6. The summed E-state index contributed by atoms with van der Waals surface area (Å²) in [5.74, 6) is -4.15. The monoisotopic (exact) mass is 826 g/mol. The number of ether oxygens (including phenoxy) is 2. The molecule has 0 aromatic heterocycles. The molecule has 2 bridgehead atoms. The summed E-state index contributed by atoms with van der Waals surface area (Å²) in [7, 11) is 0. The number of fused-ring (bicyclic) bond motifs is 3. The van der Waals surface area contributed by atoms with E-state index >= 15 is 0 Å². The molecule has 4 aliphatic rings. The molecule has 4 rings (SSSR count). The molecule has 1 saturated carbocycles. The number of aliphatic hydroxyl groups excluding tert-OH is 3. The zero-order valence-corrected chi connectivity index (χ0v) is 36.9. The molecule has 3 fully saturated rings. The first kappa shape index (κ1) is 48.7. The van der Waals surface area contributed by atoms with Gasteiger partial charge in [0, 0.05) is 43.6 Å². The molecule has 2 saturated heterocycles. The number of amides is 1. The van der Waals surface area contributed by atoms with Crippen LogP contribution in [-0.4, -0.2) is 97.7 Å². The number of nitrogens with zero attached hydrogens (tertiary/aromatic N) is 1. The van der Waals surface area contributed by atoms with Crippen molar-refractivity contribution < 1.29 is 49.1 Å². The zero-order valence-electron chi connectivity index (χ0n) is 36.9. The minimum atomic E-state index is -1.78. The third kappa shape index (κ3) is 14.6. The van der Waals surface area contributed by atoms with Gasteiger partial charge in [0.2, 0.25) is 5.91 Å². The number of carbonyl (C=O) groups is 4. The van der Waals surface area contributed by atoms with E-state index in [0.29, 0.717) is 63.5 Å². The van der Waals surface area contributed by atoms with Gasteiger partial charge in [0.15, 0.2) is 5.79 Å². The van der Waals surface area contributed by atoms with E-state index in [1.165, 1.54) is 4.90 Å². The highest BCUT2D eigenvalue weighted by molar-refractivity contribution is 5.86. The third-order valence-electron chi connectivity index (χ3n) is 13.6. The highest BCUT2D eigenvalue weighted by Gasteiger charge is 2.46. The lowest BCUT2D eigenvalue weighted by Crippen LogP contribution is -2.54. The quantitative estimate of drug-likeness (QED) is 0.170. The van der Waals surface area contributed by atoms with Crippen LogP contribution in [0.4, 0.5) is 0 Å². The lowest BCUT2D eigenvalue weighted by atomic mass is 9.79. The standard InChI is InChI=1S/C48H75NO10/c1-30-14-9-8-10-15-31(2)41(51)26-39-20-19-36(7)48(57,59-39)29-46(55)49-21-12-11-18-40(49)47(56)58-45(35(6)24-37-16-13-17-38(50)25-37)28-44(54)34(5)23-33(4)43(53)27-42(52)32(3)22-30/h8-10,14-15,23,30,32,34-41,43,45,50-51,53,57H,11-13,16-22,24-29H2,1-7H3/b10-8+,14-9-,31-15+,33-23+/t30-,32-,34-,35-,36-,37+,38+,39+,40?,41+,43+,45+,48+/m1/s1. The molecule has 1 unspecified atom stereocenters. The molecule has 4 N–H and O–H groups in total. The molecule has 11 nitrogen and oxygen atoms in total. The van der Waals surface area contributed by atoms with E-state index in [2.05, 4.69) is 0 Å². The number of hydrogen-bond acceptors (Lipinski definition) is 10. The van der Waals surface area contributed by atoms with Gasteiger partial charge in [0.05, 0.1) is 30.8 Å².